The number of benzene rings is 1. The summed E-state index contributed by atoms with van der Waals surface area (Å²) in [5.41, 5.74) is 11.9. The number of fused-ring (bicyclic) bond motifs is 1. The van der Waals surface area contributed by atoms with E-state index in [0.717, 1.165) is 53.8 Å². The van der Waals surface area contributed by atoms with Crippen molar-refractivity contribution in [2.24, 2.45) is 0 Å². The summed E-state index contributed by atoms with van der Waals surface area (Å²) in [6, 6.07) is 8.05. The molecule has 3 aromatic heterocycles. The van der Waals surface area contributed by atoms with Gasteiger partial charge in [0.2, 0.25) is 0 Å². The van der Waals surface area contributed by atoms with Crippen molar-refractivity contribution < 1.29 is 4.79 Å². The highest BCUT2D eigenvalue weighted by Crippen LogP contribution is 2.28. The van der Waals surface area contributed by atoms with E-state index < -0.39 is 0 Å². The molecule has 1 aliphatic heterocycles. The molecule has 0 spiro atoms. The molecule has 1 aromatic carbocycles. The first kappa shape index (κ1) is 23.6. The molecule has 0 amide bonds. The maximum Gasteiger partial charge on any atom is 0.168 e. The van der Waals surface area contributed by atoms with Crippen LogP contribution in [0.2, 0.25) is 0 Å². The van der Waals surface area contributed by atoms with Crippen LogP contribution in [0, 0.1) is 25.7 Å². The fraction of sp³-hybridized carbons (Fsp3) is 0.321. The summed E-state index contributed by atoms with van der Waals surface area (Å²) >= 11 is 0. The first-order valence-corrected chi connectivity index (χ1v) is 12.1. The van der Waals surface area contributed by atoms with Gasteiger partial charge >= 0.3 is 0 Å². The topological polar surface area (TPSA) is 103 Å². The maximum atomic E-state index is 12.8. The zero-order chi connectivity index (χ0) is 25.2. The number of ketones is 1. The predicted octanol–water partition coefficient (Wildman–Crippen LogP) is 3.51. The van der Waals surface area contributed by atoms with Crippen LogP contribution >= 0.6 is 0 Å². The normalized spacial score (nSPS) is 14.5. The quantitative estimate of drug-likeness (QED) is 0.353. The number of rotatable bonds is 4. The molecule has 1 aliphatic rings. The van der Waals surface area contributed by atoms with Crippen LogP contribution in [0.4, 0.5) is 5.82 Å². The molecule has 36 heavy (non-hydrogen) atoms. The molecule has 8 nitrogen and oxygen atoms in total. The Balaban J connectivity index is 1.46. The average molecular weight is 480 g/mol. The Kier molecular flexibility index (Phi) is 6.49. The standard InChI is InChI=1S/C28H29N7O/c1-18-12-22(16-30-15-18)25(36)14-20-5-4-19(2)21(13-20)6-7-24-26-27(29)31-17-32-28(26)35(33-24)23-8-10-34(3)11-9-23/h4-5,12-13,15-17,23H,8-11,14H2,1-3H3,(H2,29,31,32). The van der Waals surface area contributed by atoms with Gasteiger partial charge in [0.25, 0.3) is 0 Å². The largest absolute Gasteiger partial charge is 0.383 e. The van der Waals surface area contributed by atoms with E-state index in [9.17, 15) is 4.79 Å². The molecule has 4 heterocycles. The van der Waals surface area contributed by atoms with Crippen LogP contribution in [0.15, 0.2) is 43.0 Å². The van der Waals surface area contributed by atoms with Gasteiger partial charge in [-0.05, 0) is 81.6 Å². The smallest absolute Gasteiger partial charge is 0.168 e. The number of Topliss-reactive ketones (excluding diaryl/α,β-unsaturated/α-hetero) is 1. The van der Waals surface area contributed by atoms with Crippen LogP contribution in [-0.4, -0.2) is 55.6 Å². The first-order valence-electron chi connectivity index (χ1n) is 12.1. The number of anilines is 1. The van der Waals surface area contributed by atoms with E-state index in [2.05, 4.69) is 38.7 Å². The molecule has 5 rings (SSSR count). The van der Waals surface area contributed by atoms with Gasteiger partial charge < -0.3 is 10.6 Å². The number of aryl methyl sites for hydroxylation is 2. The molecular formula is C28H29N7O. The van der Waals surface area contributed by atoms with Crippen molar-refractivity contribution in [3.63, 3.8) is 0 Å². The number of nitrogens with two attached hydrogens (primary N) is 1. The molecule has 0 bridgehead atoms. The molecule has 1 saturated heterocycles. The van der Waals surface area contributed by atoms with Gasteiger partial charge in [-0.25, -0.2) is 14.6 Å². The van der Waals surface area contributed by atoms with E-state index in [0.29, 0.717) is 22.5 Å². The van der Waals surface area contributed by atoms with Crippen molar-refractivity contribution in [1.29, 1.82) is 0 Å². The Morgan fingerprint density at radius 1 is 1.11 bits per heavy atom. The SMILES string of the molecule is Cc1cncc(C(=O)Cc2ccc(C)c(C#Cc3nn(C4CCN(C)CC4)c4ncnc(N)c34)c2)c1. The van der Waals surface area contributed by atoms with Crippen LogP contribution in [0.5, 0.6) is 0 Å². The van der Waals surface area contributed by atoms with E-state index in [4.69, 9.17) is 10.8 Å². The molecule has 2 N–H and O–H groups in total. The Hall–Kier alpha value is -4.09. The zero-order valence-electron chi connectivity index (χ0n) is 20.8. The molecule has 0 atom stereocenters. The number of aromatic nitrogens is 5. The van der Waals surface area contributed by atoms with Gasteiger partial charge in [0.15, 0.2) is 11.4 Å². The minimum absolute atomic E-state index is 0.0294. The molecule has 0 saturated carbocycles. The lowest BCUT2D eigenvalue weighted by Crippen LogP contribution is -2.32. The Bertz CT molecular complexity index is 1500. The van der Waals surface area contributed by atoms with Crippen molar-refractivity contribution in [2.75, 3.05) is 25.9 Å². The lowest BCUT2D eigenvalue weighted by atomic mass is 9.99. The fourth-order valence-electron chi connectivity index (χ4n) is 4.61. The third kappa shape index (κ3) is 4.83. The monoisotopic (exact) mass is 479 g/mol. The van der Waals surface area contributed by atoms with Crippen molar-refractivity contribution in [2.45, 2.75) is 39.2 Å². The minimum atomic E-state index is 0.0294. The molecule has 0 aliphatic carbocycles. The van der Waals surface area contributed by atoms with E-state index >= 15 is 0 Å². The number of hydrogen-bond acceptors (Lipinski definition) is 7. The molecular weight excluding hydrogens is 450 g/mol. The van der Waals surface area contributed by atoms with E-state index in [-0.39, 0.29) is 18.2 Å². The highest BCUT2D eigenvalue weighted by molar-refractivity contribution is 5.97. The zero-order valence-corrected chi connectivity index (χ0v) is 20.8. The van der Waals surface area contributed by atoms with Crippen LogP contribution in [-0.2, 0) is 6.42 Å². The lowest BCUT2D eigenvalue weighted by molar-refractivity contribution is 0.0992. The summed E-state index contributed by atoms with van der Waals surface area (Å²) in [6.07, 6.45) is 7.12. The van der Waals surface area contributed by atoms with Crippen molar-refractivity contribution >= 4 is 22.6 Å². The van der Waals surface area contributed by atoms with Gasteiger partial charge in [-0.3, -0.25) is 9.78 Å². The molecule has 1 fully saturated rings. The second-order valence-corrected chi connectivity index (χ2v) is 9.54. The van der Waals surface area contributed by atoms with Crippen LogP contribution in [0.1, 0.15) is 57.2 Å². The molecule has 0 unspecified atom stereocenters. The van der Waals surface area contributed by atoms with Crippen molar-refractivity contribution in [1.82, 2.24) is 29.6 Å². The molecule has 182 valence electrons. The number of hydrogen-bond donors (Lipinski definition) is 1. The number of likely N-dealkylation sites (tertiary alicyclic amines) is 1. The highest BCUT2D eigenvalue weighted by Gasteiger charge is 2.24. The maximum absolute atomic E-state index is 12.8. The Morgan fingerprint density at radius 3 is 2.69 bits per heavy atom. The van der Waals surface area contributed by atoms with E-state index in [1.165, 1.54) is 6.33 Å². The summed E-state index contributed by atoms with van der Waals surface area (Å²) in [7, 11) is 2.14. The van der Waals surface area contributed by atoms with Gasteiger partial charge in [-0.15, -0.1) is 0 Å². The lowest BCUT2D eigenvalue weighted by Gasteiger charge is -2.29. The summed E-state index contributed by atoms with van der Waals surface area (Å²) < 4.78 is 1.97. The molecule has 0 radical (unpaired) electrons. The van der Waals surface area contributed by atoms with Gasteiger partial charge in [-0.2, -0.15) is 5.10 Å². The van der Waals surface area contributed by atoms with Gasteiger partial charge in [0.05, 0.1) is 11.4 Å². The number of nitrogen functional groups attached to an aromatic ring is 1. The second-order valence-electron chi connectivity index (χ2n) is 9.54. The summed E-state index contributed by atoms with van der Waals surface area (Å²) in [6.45, 7) is 5.96. The summed E-state index contributed by atoms with van der Waals surface area (Å²) in [4.78, 5) is 27.9. The summed E-state index contributed by atoms with van der Waals surface area (Å²) in [5.74, 6) is 6.90. The van der Waals surface area contributed by atoms with E-state index in [1.54, 1.807) is 12.4 Å². The minimum Gasteiger partial charge on any atom is -0.383 e. The molecule has 8 heteroatoms. The second kappa shape index (κ2) is 9.88. The number of piperidine rings is 1. The van der Waals surface area contributed by atoms with E-state index in [1.807, 2.05) is 42.8 Å². The number of nitrogens with zero attached hydrogens (tertiary/aromatic N) is 6. The first-order chi connectivity index (χ1) is 17.4. The van der Waals surface area contributed by atoms with Gasteiger partial charge in [-0.1, -0.05) is 18.1 Å². The number of pyridine rings is 1. The number of carbonyl (C=O) groups is 1. The van der Waals surface area contributed by atoms with Crippen LogP contribution in [0.25, 0.3) is 11.0 Å². The van der Waals surface area contributed by atoms with Crippen LogP contribution < -0.4 is 5.73 Å². The van der Waals surface area contributed by atoms with Crippen molar-refractivity contribution in [3.05, 3.63) is 76.5 Å². The predicted molar refractivity (Wildman–Crippen MR) is 140 cm³/mol. The van der Waals surface area contributed by atoms with Gasteiger partial charge in [0.1, 0.15) is 17.8 Å². The van der Waals surface area contributed by atoms with Gasteiger partial charge in [0, 0.05) is 29.9 Å². The van der Waals surface area contributed by atoms with Crippen molar-refractivity contribution in [3.8, 4) is 11.8 Å². The summed E-state index contributed by atoms with van der Waals surface area (Å²) in [5, 5.41) is 5.54. The van der Waals surface area contributed by atoms with Crippen LogP contribution in [0.3, 0.4) is 0 Å². The Labute approximate surface area is 210 Å². The Morgan fingerprint density at radius 2 is 1.92 bits per heavy atom. The average Bonchev–Trinajstić information content (AvgIpc) is 3.24. The number of carbonyl (C=O) groups excluding carboxylic acids is 1. The molecule has 4 aromatic rings. The third-order valence-electron chi connectivity index (χ3n) is 6.73. The fourth-order valence-corrected chi connectivity index (χ4v) is 4.61. The highest BCUT2D eigenvalue weighted by atomic mass is 16.1. The third-order valence-corrected chi connectivity index (χ3v) is 6.73.